The highest BCUT2D eigenvalue weighted by molar-refractivity contribution is 9.10. The Morgan fingerprint density at radius 3 is 2.24 bits per heavy atom. The topological polar surface area (TPSA) is 40.5 Å². The number of hydrogen-bond acceptors (Lipinski definition) is 2. The molecule has 0 amide bonds. The Hall–Kier alpha value is -1.30. The number of rotatable bonds is 5. The molecular weight excluding hydrogens is 342 g/mol. The van der Waals surface area contributed by atoms with Crippen LogP contribution in [-0.4, -0.2) is 23.4 Å². The SMILES string of the molecule is OCC(CO)(Cc1ccc(F)cc1F)c1ccccc1Br. The summed E-state index contributed by atoms with van der Waals surface area (Å²) in [4.78, 5) is 0. The van der Waals surface area contributed by atoms with Crippen LogP contribution >= 0.6 is 15.9 Å². The minimum absolute atomic E-state index is 0.0642. The van der Waals surface area contributed by atoms with Crippen LogP contribution in [0.5, 0.6) is 0 Å². The van der Waals surface area contributed by atoms with Crippen LogP contribution in [0.4, 0.5) is 8.78 Å². The summed E-state index contributed by atoms with van der Waals surface area (Å²) < 4.78 is 27.6. The predicted octanol–water partition coefficient (Wildman–Crippen LogP) is 3.19. The van der Waals surface area contributed by atoms with E-state index in [2.05, 4.69) is 15.9 Å². The molecular formula is C16H15BrF2O2. The zero-order valence-corrected chi connectivity index (χ0v) is 12.8. The molecule has 0 aromatic heterocycles. The molecule has 0 atom stereocenters. The van der Waals surface area contributed by atoms with Crippen molar-refractivity contribution in [3.8, 4) is 0 Å². The molecule has 0 unspecified atom stereocenters. The summed E-state index contributed by atoms with van der Waals surface area (Å²) in [6.07, 6.45) is 0.0642. The van der Waals surface area contributed by atoms with Gasteiger partial charge in [0.25, 0.3) is 0 Å². The zero-order chi connectivity index (χ0) is 15.5. The Balaban J connectivity index is 2.46. The summed E-state index contributed by atoms with van der Waals surface area (Å²) in [5, 5.41) is 19.6. The number of hydrogen-bond donors (Lipinski definition) is 2. The lowest BCUT2D eigenvalue weighted by Crippen LogP contribution is -2.38. The van der Waals surface area contributed by atoms with E-state index in [4.69, 9.17) is 0 Å². The van der Waals surface area contributed by atoms with Gasteiger partial charge >= 0.3 is 0 Å². The van der Waals surface area contributed by atoms with Gasteiger partial charge in [0.2, 0.25) is 0 Å². The predicted molar refractivity (Wildman–Crippen MR) is 80.1 cm³/mol. The number of benzene rings is 2. The molecule has 0 saturated heterocycles. The summed E-state index contributed by atoms with van der Waals surface area (Å²) in [7, 11) is 0. The van der Waals surface area contributed by atoms with Gasteiger partial charge in [-0.15, -0.1) is 0 Å². The first kappa shape index (κ1) is 16.1. The van der Waals surface area contributed by atoms with E-state index in [1.807, 2.05) is 6.07 Å². The Morgan fingerprint density at radius 1 is 1.00 bits per heavy atom. The van der Waals surface area contributed by atoms with Gasteiger partial charge in [-0.1, -0.05) is 40.2 Å². The van der Waals surface area contributed by atoms with Gasteiger partial charge in [0.15, 0.2) is 0 Å². The van der Waals surface area contributed by atoms with Crippen molar-refractivity contribution in [2.24, 2.45) is 0 Å². The van der Waals surface area contributed by atoms with Crippen molar-refractivity contribution in [3.05, 3.63) is 69.7 Å². The minimum atomic E-state index is -1.04. The molecule has 2 aromatic carbocycles. The van der Waals surface area contributed by atoms with E-state index in [0.29, 0.717) is 5.56 Å². The molecule has 2 aromatic rings. The molecule has 112 valence electrons. The fraction of sp³-hybridized carbons (Fsp3) is 0.250. The van der Waals surface area contributed by atoms with Gasteiger partial charge in [-0.05, 0) is 29.7 Å². The second-order valence-corrected chi connectivity index (χ2v) is 5.84. The third kappa shape index (κ3) is 3.31. The minimum Gasteiger partial charge on any atom is -0.395 e. The third-order valence-electron chi connectivity index (χ3n) is 3.59. The normalized spacial score (nSPS) is 11.7. The molecule has 0 fully saturated rings. The maximum absolute atomic E-state index is 13.9. The van der Waals surface area contributed by atoms with Crippen molar-refractivity contribution in [3.63, 3.8) is 0 Å². The molecule has 2 N–H and O–H groups in total. The van der Waals surface area contributed by atoms with Crippen molar-refractivity contribution in [2.75, 3.05) is 13.2 Å². The molecule has 0 aliphatic heterocycles. The second kappa shape index (κ2) is 6.64. The van der Waals surface area contributed by atoms with Gasteiger partial charge in [-0.25, -0.2) is 8.78 Å². The van der Waals surface area contributed by atoms with E-state index in [-0.39, 0.29) is 25.2 Å². The molecule has 2 nitrogen and oxygen atoms in total. The Kier molecular flexibility index (Phi) is 5.08. The maximum atomic E-state index is 13.9. The first-order valence-electron chi connectivity index (χ1n) is 6.43. The highest BCUT2D eigenvalue weighted by Gasteiger charge is 2.34. The molecule has 0 aliphatic rings. The van der Waals surface area contributed by atoms with E-state index in [0.717, 1.165) is 16.6 Å². The maximum Gasteiger partial charge on any atom is 0.129 e. The molecule has 0 bridgehead atoms. The van der Waals surface area contributed by atoms with Crippen molar-refractivity contribution in [2.45, 2.75) is 11.8 Å². The van der Waals surface area contributed by atoms with Gasteiger partial charge in [-0.3, -0.25) is 0 Å². The molecule has 0 heterocycles. The summed E-state index contributed by atoms with van der Waals surface area (Å²) in [6.45, 7) is -0.716. The number of aliphatic hydroxyl groups excluding tert-OH is 2. The van der Waals surface area contributed by atoms with Crippen molar-refractivity contribution < 1.29 is 19.0 Å². The smallest absolute Gasteiger partial charge is 0.129 e. The second-order valence-electron chi connectivity index (χ2n) is 4.99. The molecule has 0 aliphatic carbocycles. The lowest BCUT2D eigenvalue weighted by atomic mass is 9.76. The van der Waals surface area contributed by atoms with Gasteiger partial charge in [0.05, 0.1) is 13.2 Å². The van der Waals surface area contributed by atoms with Crippen LogP contribution in [0.25, 0.3) is 0 Å². The van der Waals surface area contributed by atoms with Gasteiger partial charge in [0.1, 0.15) is 11.6 Å². The quantitative estimate of drug-likeness (QED) is 0.863. The Labute approximate surface area is 130 Å². The van der Waals surface area contributed by atoms with Crippen molar-refractivity contribution in [1.82, 2.24) is 0 Å². The summed E-state index contributed by atoms with van der Waals surface area (Å²) in [5.74, 6) is -1.34. The van der Waals surface area contributed by atoms with E-state index in [1.165, 1.54) is 6.07 Å². The summed E-state index contributed by atoms with van der Waals surface area (Å²) in [5.41, 5.74) is -0.118. The first-order valence-corrected chi connectivity index (χ1v) is 7.22. The Morgan fingerprint density at radius 2 is 1.67 bits per heavy atom. The molecule has 0 saturated carbocycles. The van der Waals surface area contributed by atoms with Crippen molar-refractivity contribution in [1.29, 1.82) is 0 Å². The summed E-state index contributed by atoms with van der Waals surface area (Å²) in [6, 6.07) is 10.4. The molecule has 2 rings (SSSR count). The van der Waals surface area contributed by atoms with Gasteiger partial charge in [0, 0.05) is 16.0 Å². The molecule has 21 heavy (non-hydrogen) atoms. The Bertz CT molecular complexity index is 627. The van der Waals surface area contributed by atoms with Crippen LogP contribution < -0.4 is 0 Å². The third-order valence-corrected chi connectivity index (χ3v) is 4.29. The van der Waals surface area contributed by atoms with Crippen LogP contribution in [0.1, 0.15) is 11.1 Å². The molecule has 0 spiro atoms. The average molecular weight is 357 g/mol. The molecule has 5 heteroatoms. The monoisotopic (exact) mass is 356 g/mol. The highest BCUT2D eigenvalue weighted by atomic mass is 79.9. The zero-order valence-electron chi connectivity index (χ0n) is 11.2. The molecule has 0 radical (unpaired) electrons. The van der Waals surface area contributed by atoms with E-state index < -0.39 is 17.0 Å². The number of aliphatic hydroxyl groups is 2. The van der Waals surface area contributed by atoms with Gasteiger partial charge < -0.3 is 10.2 Å². The average Bonchev–Trinajstić information content (AvgIpc) is 2.48. The van der Waals surface area contributed by atoms with E-state index in [9.17, 15) is 19.0 Å². The largest absolute Gasteiger partial charge is 0.395 e. The lowest BCUT2D eigenvalue weighted by molar-refractivity contribution is 0.115. The van der Waals surface area contributed by atoms with E-state index in [1.54, 1.807) is 18.2 Å². The fourth-order valence-electron chi connectivity index (χ4n) is 2.35. The van der Waals surface area contributed by atoms with Crippen molar-refractivity contribution >= 4 is 15.9 Å². The van der Waals surface area contributed by atoms with Crippen LogP contribution in [0.15, 0.2) is 46.9 Å². The lowest BCUT2D eigenvalue weighted by Gasteiger charge is -2.31. The van der Waals surface area contributed by atoms with E-state index >= 15 is 0 Å². The first-order chi connectivity index (χ1) is 10.0. The van der Waals surface area contributed by atoms with Crippen LogP contribution in [0.3, 0.4) is 0 Å². The fourth-order valence-corrected chi connectivity index (χ4v) is 3.05. The summed E-state index contributed by atoms with van der Waals surface area (Å²) >= 11 is 3.38. The highest BCUT2D eigenvalue weighted by Crippen LogP contribution is 2.34. The van der Waals surface area contributed by atoms with Crippen LogP contribution in [0, 0.1) is 11.6 Å². The van der Waals surface area contributed by atoms with Crippen LogP contribution in [-0.2, 0) is 11.8 Å². The van der Waals surface area contributed by atoms with Gasteiger partial charge in [-0.2, -0.15) is 0 Å². The number of halogens is 3. The standard InChI is InChI=1S/C16H15BrF2O2/c17-14-4-2-1-3-13(14)16(9-20,10-21)8-11-5-6-12(18)7-15(11)19/h1-7,20-21H,8-10H2. The van der Waals surface area contributed by atoms with Crippen LogP contribution in [0.2, 0.25) is 0 Å².